The van der Waals surface area contributed by atoms with Gasteiger partial charge in [-0.1, -0.05) is 0 Å². The second-order valence-corrected chi connectivity index (χ2v) is 3.53. The van der Waals surface area contributed by atoms with Crippen molar-refractivity contribution in [2.24, 2.45) is 0 Å². The molecule has 0 fully saturated rings. The summed E-state index contributed by atoms with van der Waals surface area (Å²) in [5, 5.41) is 13.6. The van der Waals surface area contributed by atoms with E-state index in [1.165, 1.54) is 12.1 Å². The van der Waals surface area contributed by atoms with Crippen molar-refractivity contribution in [1.82, 2.24) is 5.32 Å². The fraction of sp³-hybridized carbons (Fsp3) is 0.385. The van der Waals surface area contributed by atoms with Gasteiger partial charge >= 0.3 is 0 Å². The number of ether oxygens (including phenoxy) is 1. The molecule has 5 heteroatoms. The van der Waals surface area contributed by atoms with E-state index in [2.05, 4.69) is 17.2 Å². The Morgan fingerprint density at radius 3 is 2.67 bits per heavy atom. The Labute approximate surface area is 106 Å². The summed E-state index contributed by atoms with van der Waals surface area (Å²) in [4.78, 5) is 10.0. The number of hydrogen-bond acceptors (Lipinski definition) is 4. The first-order valence-electron chi connectivity index (χ1n) is 5.71. The number of nitro groups is 1. The second-order valence-electron chi connectivity index (χ2n) is 3.53. The maximum atomic E-state index is 10.4. The smallest absolute Gasteiger partial charge is 0.269 e. The van der Waals surface area contributed by atoms with Crippen molar-refractivity contribution >= 4 is 5.69 Å². The van der Waals surface area contributed by atoms with Gasteiger partial charge in [0.1, 0.15) is 12.4 Å². The molecule has 0 atom stereocenters. The van der Waals surface area contributed by atoms with Gasteiger partial charge in [-0.05, 0) is 19.1 Å². The molecule has 96 valence electrons. The third-order valence-electron chi connectivity index (χ3n) is 2.20. The molecule has 0 aliphatic rings. The lowest BCUT2D eigenvalue weighted by molar-refractivity contribution is -0.384. The number of nitrogens with one attached hydrogen (secondary N) is 1. The SMILES string of the molecule is CC#CCCNCCOc1ccc([N+](=O)[O-])cc1. The highest BCUT2D eigenvalue weighted by Crippen LogP contribution is 2.16. The summed E-state index contributed by atoms with van der Waals surface area (Å²) in [7, 11) is 0. The van der Waals surface area contributed by atoms with E-state index < -0.39 is 4.92 Å². The van der Waals surface area contributed by atoms with Crippen molar-refractivity contribution in [3.8, 4) is 17.6 Å². The molecule has 1 rings (SSSR count). The van der Waals surface area contributed by atoms with Gasteiger partial charge in [0.05, 0.1) is 4.92 Å². The van der Waals surface area contributed by atoms with Crippen LogP contribution in [0.1, 0.15) is 13.3 Å². The van der Waals surface area contributed by atoms with Crippen molar-refractivity contribution in [3.63, 3.8) is 0 Å². The fourth-order valence-electron chi connectivity index (χ4n) is 1.31. The number of nitrogens with zero attached hydrogens (tertiary/aromatic N) is 1. The van der Waals surface area contributed by atoms with Crippen LogP contribution in [0.5, 0.6) is 5.75 Å². The molecule has 0 radical (unpaired) electrons. The van der Waals surface area contributed by atoms with Crippen LogP contribution >= 0.6 is 0 Å². The normalized spacial score (nSPS) is 9.39. The van der Waals surface area contributed by atoms with Crippen molar-refractivity contribution in [3.05, 3.63) is 34.4 Å². The molecule has 0 saturated heterocycles. The average Bonchev–Trinajstić information content (AvgIpc) is 2.38. The Balaban J connectivity index is 2.18. The van der Waals surface area contributed by atoms with Crippen LogP contribution in [-0.4, -0.2) is 24.6 Å². The molecule has 1 aromatic carbocycles. The van der Waals surface area contributed by atoms with Gasteiger partial charge in [-0.3, -0.25) is 10.1 Å². The molecule has 0 aliphatic heterocycles. The summed E-state index contributed by atoms with van der Waals surface area (Å²) in [6, 6.07) is 6.06. The van der Waals surface area contributed by atoms with Gasteiger partial charge < -0.3 is 10.1 Å². The molecule has 0 heterocycles. The molecule has 5 nitrogen and oxygen atoms in total. The summed E-state index contributed by atoms with van der Waals surface area (Å²) in [6.07, 6.45) is 0.827. The third kappa shape index (κ3) is 5.32. The van der Waals surface area contributed by atoms with Gasteiger partial charge in [-0.2, -0.15) is 0 Å². The predicted molar refractivity (Wildman–Crippen MR) is 69.5 cm³/mol. The second kappa shape index (κ2) is 8.09. The first-order chi connectivity index (χ1) is 8.74. The molecule has 0 amide bonds. The number of non-ortho nitro benzene ring substituents is 1. The molecule has 0 spiro atoms. The van der Waals surface area contributed by atoms with Crippen molar-refractivity contribution in [2.45, 2.75) is 13.3 Å². The lowest BCUT2D eigenvalue weighted by atomic mass is 10.3. The van der Waals surface area contributed by atoms with Gasteiger partial charge in [0.15, 0.2) is 0 Å². The van der Waals surface area contributed by atoms with Crippen molar-refractivity contribution in [1.29, 1.82) is 0 Å². The summed E-state index contributed by atoms with van der Waals surface area (Å²) >= 11 is 0. The van der Waals surface area contributed by atoms with Crippen molar-refractivity contribution in [2.75, 3.05) is 19.7 Å². The minimum Gasteiger partial charge on any atom is -0.492 e. The number of nitro benzene ring substituents is 1. The maximum Gasteiger partial charge on any atom is 0.269 e. The summed E-state index contributed by atoms with van der Waals surface area (Å²) in [5.41, 5.74) is 0.0682. The topological polar surface area (TPSA) is 64.4 Å². The fourth-order valence-corrected chi connectivity index (χ4v) is 1.31. The van der Waals surface area contributed by atoms with Gasteiger partial charge in [0.25, 0.3) is 5.69 Å². The monoisotopic (exact) mass is 248 g/mol. The van der Waals surface area contributed by atoms with E-state index >= 15 is 0 Å². The average molecular weight is 248 g/mol. The van der Waals surface area contributed by atoms with Gasteiger partial charge in [-0.15, -0.1) is 11.8 Å². The Kier molecular flexibility index (Phi) is 6.30. The van der Waals surface area contributed by atoms with E-state index in [1.807, 2.05) is 6.92 Å². The molecule has 0 unspecified atom stereocenters. The van der Waals surface area contributed by atoms with E-state index in [-0.39, 0.29) is 5.69 Å². The van der Waals surface area contributed by atoms with Crippen LogP contribution in [0.25, 0.3) is 0 Å². The predicted octanol–water partition coefficient (Wildman–Crippen LogP) is 1.98. The van der Waals surface area contributed by atoms with Crippen LogP contribution < -0.4 is 10.1 Å². The first-order valence-corrected chi connectivity index (χ1v) is 5.71. The summed E-state index contributed by atoms with van der Waals surface area (Å²) in [5.74, 6) is 6.41. The third-order valence-corrected chi connectivity index (χ3v) is 2.20. The maximum absolute atomic E-state index is 10.4. The zero-order valence-corrected chi connectivity index (χ0v) is 10.3. The molecule has 1 N–H and O–H groups in total. The van der Waals surface area contributed by atoms with E-state index in [0.29, 0.717) is 12.4 Å². The first kappa shape index (κ1) is 14.0. The van der Waals surface area contributed by atoms with Crippen molar-refractivity contribution < 1.29 is 9.66 Å². The summed E-state index contributed by atoms with van der Waals surface area (Å²) in [6.45, 7) is 3.90. The van der Waals surface area contributed by atoms with E-state index in [4.69, 9.17) is 4.74 Å². The molecule has 0 aromatic heterocycles. The Morgan fingerprint density at radius 1 is 1.33 bits per heavy atom. The van der Waals surface area contributed by atoms with E-state index in [0.717, 1.165) is 19.5 Å². The highest BCUT2D eigenvalue weighted by atomic mass is 16.6. The molecule has 18 heavy (non-hydrogen) atoms. The molecular formula is C13H16N2O3. The molecule has 0 bridgehead atoms. The Hall–Kier alpha value is -2.06. The molecule has 1 aromatic rings. The van der Waals surface area contributed by atoms with Crippen LogP contribution in [0.4, 0.5) is 5.69 Å². The standard InChI is InChI=1S/C13H16N2O3/c1-2-3-4-9-14-10-11-18-13-7-5-12(6-8-13)15(16)17/h5-8,14H,4,9-11H2,1H3. The van der Waals surface area contributed by atoms with Crippen LogP contribution in [0.3, 0.4) is 0 Å². The Bertz CT molecular complexity index is 432. The molecule has 0 saturated carbocycles. The van der Waals surface area contributed by atoms with Crippen LogP contribution in [0.15, 0.2) is 24.3 Å². The van der Waals surface area contributed by atoms with E-state index in [9.17, 15) is 10.1 Å². The number of rotatable bonds is 7. The summed E-state index contributed by atoms with van der Waals surface area (Å²) < 4.78 is 5.43. The van der Waals surface area contributed by atoms with Gasteiger partial charge in [0.2, 0.25) is 0 Å². The minimum atomic E-state index is -0.430. The lowest BCUT2D eigenvalue weighted by Crippen LogP contribution is -2.21. The number of benzene rings is 1. The minimum absolute atomic E-state index is 0.0682. The number of hydrogen-bond donors (Lipinski definition) is 1. The molecular weight excluding hydrogens is 232 g/mol. The van der Waals surface area contributed by atoms with Crippen LogP contribution in [0, 0.1) is 22.0 Å². The van der Waals surface area contributed by atoms with Gasteiger partial charge in [0, 0.05) is 31.6 Å². The lowest BCUT2D eigenvalue weighted by Gasteiger charge is -2.06. The quantitative estimate of drug-likeness (QED) is 0.347. The highest BCUT2D eigenvalue weighted by molar-refractivity contribution is 5.35. The van der Waals surface area contributed by atoms with Gasteiger partial charge in [-0.25, -0.2) is 0 Å². The van der Waals surface area contributed by atoms with E-state index in [1.54, 1.807) is 12.1 Å². The largest absolute Gasteiger partial charge is 0.492 e. The van der Waals surface area contributed by atoms with Crippen LogP contribution in [-0.2, 0) is 0 Å². The highest BCUT2D eigenvalue weighted by Gasteiger charge is 2.03. The van der Waals surface area contributed by atoms with Crippen LogP contribution in [0.2, 0.25) is 0 Å². The zero-order chi connectivity index (χ0) is 13.2. The zero-order valence-electron chi connectivity index (χ0n) is 10.3. The Morgan fingerprint density at radius 2 is 2.06 bits per heavy atom. The molecule has 0 aliphatic carbocycles.